The zero-order chi connectivity index (χ0) is 12.4. The van der Waals surface area contributed by atoms with E-state index in [1.807, 2.05) is 0 Å². The predicted molar refractivity (Wildman–Crippen MR) is 62.2 cm³/mol. The van der Waals surface area contributed by atoms with E-state index in [1.165, 1.54) is 0 Å². The Morgan fingerprint density at radius 1 is 0.941 bits per heavy atom. The smallest absolute Gasteiger partial charge is 0.748 e. The molecule has 17 heavy (non-hydrogen) atoms. The Kier molecular flexibility index (Phi) is 14.8. The fourth-order valence-corrected chi connectivity index (χ4v) is 2.09. The van der Waals surface area contributed by atoms with E-state index in [4.69, 9.17) is 0 Å². The van der Waals surface area contributed by atoms with Gasteiger partial charge in [-0.05, 0) is 19.8 Å². The Bertz CT molecular complexity index is 288. The van der Waals surface area contributed by atoms with Gasteiger partial charge in [0.1, 0.15) is 5.78 Å². The number of Topliss-reactive ketones (excluding diaryl/α,β-unsaturated/α-hetero) is 1. The number of carbonyl (C=O) groups excluding carboxylic acids is 1. The number of hydrogen-bond acceptors (Lipinski definition) is 4. The Balaban J connectivity index is 0. The molecule has 0 heterocycles. The molecule has 0 aromatic rings. The van der Waals surface area contributed by atoms with Gasteiger partial charge in [0.25, 0.3) is 0 Å². The van der Waals surface area contributed by atoms with Gasteiger partial charge in [0.05, 0.1) is 10.1 Å². The van der Waals surface area contributed by atoms with Crippen molar-refractivity contribution >= 4 is 15.9 Å². The molecule has 0 aliphatic carbocycles. The third-order valence-corrected chi connectivity index (χ3v) is 3.21. The molecule has 0 aromatic carbocycles. The van der Waals surface area contributed by atoms with Crippen LogP contribution in [0.2, 0.25) is 0 Å². The van der Waals surface area contributed by atoms with Gasteiger partial charge in [-0.15, -0.1) is 0 Å². The SMILES string of the molecule is CC(=O)CCCCCCCCCS(=O)(=O)[O-].[K+]. The largest absolute Gasteiger partial charge is 1.00 e. The summed E-state index contributed by atoms with van der Waals surface area (Å²) in [5.74, 6) is -0.00204. The van der Waals surface area contributed by atoms with Gasteiger partial charge in [-0.3, -0.25) is 0 Å². The van der Waals surface area contributed by atoms with Crippen molar-refractivity contribution in [3.8, 4) is 0 Å². The maximum absolute atomic E-state index is 10.6. The van der Waals surface area contributed by atoms with E-state index < -0.39 is 10.1 Å². The fourth-order valence-electron chi connectivity index (χ4n) is 1.54. The Hall–Kier alpha value is 1.22. The first kappa shape index (κ1) is 20.5. The minimum Gasteiger partial charge on any atom is -0.748 e. The Labute approximate surface area is 147 Å². The molecule has 0 saturated carbocycles. The summed E-state index contributed by atoms with van der Waals surface area (Å²) in [5, 5.41) is 0. The maximum atomic E-state index is 10.6. The van der Waals surface area contributed by atoms with Crippen molar-refractivity contribution in [2.75, 3.05) is 5.75 Å². The minimum absolute atomic E-state index is 0. The van der Waals surface area contributed by atoms with Crippen LogP contribution in [0.5, 0.6) is 0 Å². The molecular weight excluding hydrogens is 267 g/mol. The summed E-state index contributed by atoms with van der Waals surface area (Å²) in [5.41, 5.74) is 0. The van der Waals surface area contributed by atoms with Gasteiger partial charge in [-0.2, -0.15) is 0 Å². The van der Waals surface area contributed by atoms with Crippen molar-refractivity contribution in [3.63, 3.8) is 0 Å². The molecule has 0 spiro atoms. The van der Waals surface area contributed by atoms with Crippen LogP contribution in [0, 0.1) is 0 Å². The molecule has 0 aliphatic rings. The molecule has 0 aromatic heterocycles. The van der Waals surface area contributed by atoms with Gasteiger partial charge in [0.2, 0.25) is 0 Å². The van der Waals surface area contributed by atoms with Gasteiger partial charge in [0, 0.05) is 12.2 Å². The molecule has 6 heteroatoms. The van der Waals surface area contributed by atoms with Gasteiger partial charge in [-0.1, -0.05) is 32.1 Å². The van der Waals surface area contributed by atoms with Crippen LogP contribution >= 0.6 is 0 Å². The zero-order valence-electron chi connectivity index (χ0n) is 10.9. The van der Waals surface area contributed by atoms with E-state index in [0.29, 0.717) is 12.8 Å². The summed E-state index contributed by atoms with van der Waals surface area (Å²) in [6.07, 6.45) is 7.04. The van der Waals surface area contributed by atoms with Crippen molar-refractivity contribution in [1.82, 2.24) is 0 Å². The van der Waals surface area contributed by atoms with Crippen LogP contribution in [0.4, 0.5) is 0 Å². The number of hydrogen-bond donors (Lipinski definition) is 0. The molecule has 0 radical (unpaired) electrons. The topological polar surface area (TPSA) is 74.3 Å². The summed E-state index contributed by atoms with van der Waals surface area (Å²) in [4.78, 5) is 10.6. The molecule has 4 nitrogen and oxygen atoms in total. The summed E-state index contributed by atoms with van der Waals surface area (Å²) in [6.45, 7) is 1.60. The molecule has 0 unspecified atom stereocenters. The second kappa shape index (κ2) is 12.3. The second-order valence-corrected chi connectivity index (χ2v) is 5.71. The predicted octanol–water partition coefficient (Wildman–Crippen LogP) is -0.755. The fraction of sp³-hybridized carbons (Fsp3) is 0.909. The maximum Gasteiger partial charge on any atom is 1.00 e. The van der Waals surface area contributed by atoms with Crippen LogP contribution in [0.15, 0.2) is 0 Å². The molecule has 0 bridgehead atoms. The molecule has 0 rings (SSSR count). The second-order valence-electron chi connectivity index (χ2n) is 4.19. The van der Waals surface area contributed by atoms with E-state index in [9.17, 15) is 17.8 Å². The van der Waals surface area contributed by atoms with Gasteiger partial charge < -0.3 is 9.35 Å². The first-order valence-corrected chi connectivity index (χ1v) is 7.42. The average molecular weight is 288 g/mol. The third kappa shape index (κ3) is 19.7. The van der Waals surface area contributed by atoms with E-state index in [-0.39, 0.29) is 62.9 Å². The summed E-state index contributed by atoms with van der Waals surface area (Å²) in [6, 6.07) is 0. The number of ketones is 1. The molecule has 0 fully saturated rings. The summed E-state index contributed by atoms with van der Waals surface area (Å²) in [7, 11) is -4.02. The molecular formula is C11H21KO4S. The molecule has 0 N–H and O–H groups in total. The van der Waals surface area contributed by atoms with Crippen LogP contribution in [0.1, 0.15) is 58.3 Å². The van der Waals surface area contributed by atoms with Crippen molar-refractivity contribution in [3.05, 3.63) is 0 Å². The third-order valence-electron chi connectivity index (χ3n) is 2.42. The minimum atomic E-state index is -4.02. The van der Waals surface area contributed by atoms with Crippen molar-refractivity contribution < 1.29 is 69.1 Å². The molecule has 96 valence electrons. The van der Waals surface area contributed by atoms with Crippen molar-refractivity contribution in [1.29, 1.82) is 0 Å². The van der Waals surface area contributed by atoms with Gasteiger partial charge in [0.15, 0.2) is 0 Å². The normalized spacial score (nSPS) is 10.9. The zero-order valence-corrected chi connectivity index (χ0v) is 14.8. The van der Waals surface area contributed by atoms with Crippen molar-refractivity contribution in [2.45, 2.75) is 58.3 Å². The summed E-state index contributed by atoms with van der Waals surface area (Å²) < 4.78 is 30.8. The molecule has 0 amide bonds. The molecule has 0 saturated heterocycles. The summed E-state index contributed by atoms with van der Waals surface area (Å²) >= 11 is 0. The van der Waals surface area contributed by atoms with Crippen LogP contribution in [-0.4, -0.2) is 24.5 Å². The number of unbranched alkanes of at least 4 members (excludes halogenated alkanes) is 6. The van der Waals surface area contributed by atoms with Gasteiger partial charge >= 0.3 is 51.4 Å². The Morgan fingerprint density at radius 2 is 1.35 bits per heavy atom. The number of rotatable bonds is 10. The van der Waals surface area contributed by atoms with E-state index in [2.05, 4.69) is 0 Å². The Morgan fingerprint density at radius 3 is 1.76 bits per heavy atom. The molecule has 0 atom stereocenters. The van der Waals surface area contributed by atoms with Crippen LogP contribution < -0.4 is 51.4 Å². The van der Waals surface area contributed by atoms with Gasteiger partial charge in [-0.25, -0.2) is 8.42 Å². The van der Waals surface area contributed by atoms with Crippen LogP contribution in [-0.2, 0) is 14.9 Å². The van der Waals surface area contributed by atoms with Crippen molar-refractivity contribution in [2.24, 2.45) is 0 Å². The van der Waals surface area contributed by atoms with E-state index >= 15 is 0 Å². The first-order chi connectivity index (χ1) is 7.42. The average Bonchev–Trinajstić information content (AvgIpc) is 2.13. The van der Waals surface area contributed by atoms with E-state index in [0.717, 1.165) is 38.5 Å². The number of carbonyl (C=O) groups is 1. The standard InChI is InChI=1S/C11H22O4S.K/c1-11(12)9-7-5-3-2-4-6-8-10-16(13,14)15;/h2-10H2,1H3,(H,13,14,15);/q;+1/p-1. The molecule has 0 aliphatic heterocycles. The monoisotopic (exact) mass is 288 g/mol. The first-order valence-electron chi connectivity index (χ1n) is 5.85. The van der Waals surface area contributed by atoms with E-state index in [1.54, 1.807) is 6.92 Å². The van der Waals surface area contributed by atoms with Crippen LogP contribution in [0.25, 0.3) is 0 Å². The van der Waals surface area contributed by atoms with Crippen LogP contribution in [0.3, 0.4) is 0 Å². The quantitative estimate of drug-likeness (QED) is 0.301.